The van der Waals surface area contributed by atoms with Crippen LogP contribution in [0.4, 0.5) is 30.7 Å². The van der Waals surface area contributed by atoms with E-state index >= 15 is 8.78 Å². The summed E-state index contributed by atoms with van der Waals surface area (Å²) >= 11 is 0. The molecule has 0 unspecified atom stereocenters. The van der Waals surface area contributed by atoms with Crippen molar-refractivity contribution in [3.63, 3.8) is 0 Å². The molecule has 220 valence electrons. The zero-order valence-electron chi connectivity index (χ0n) is 22.9. The second-order valence-electron chi connectivity index (χ2n) is 11.0. The van der Waals surface area contributed by atoms with E-state index in [2.05, 4.69) is 11.7 Å². The zero-order valence-corrected chi connectivity index (χ0v) is 22.9. The van der Waals surface area contributed by atoms with Gasteiger partial charge in [0.2, 0.25) is 0 Å². The lowest BCUT2D eigenvalue weighted by Gasteiger charge is -2.26. The lowest BCUT2D eigenvalue weighted by molar-refractivity contribution is -0.180. The Kier molecular flexibility index (Phi) is 8.62. The van der Waals surface area contributed by atoms with E-state index in [9.17, 15) is 22.0 Å². The molecular formula is C34H29F7O. The van der Waals surface area contributed by atoms with Gasteiger partial charge in [0.25, 0.3) is 0 Å². The van der Waals surface area contributed by atoms with Gasteiger partial charge in [0.1, 0.15) is 5.75 Å². The summed E-state index contributed by atoms with van der Waals surface area (Å²) in [6.45, 7) is 2.26. The quantitative estimate of drug-likeness (QED) is 0.147. The van der Waals surface area contributed by atoms with Crippen LogP contribution in [0.5, 0.6) is 5.75 Å². The molecule has 0 saturated heterocycles. The molecule has 0 amide bonds. The van der Waals surface area contributed by atoms with Gasteiger partial charge in [0.15, 0.2) is 29.1 Å². The van der Waals surface area contributed by atoms with E-state index in [1.165, 1.54) is 54.8 Å². The van der Waals surface area contributed by atoms with E-state index in [0.29, 0.717) is 34.7 Å². The number of aryl methyl sites for hydroxylation is 1. The first-order valence-electron chi connectivity index (χ1n) is 13.9. The van der Waals surface area contributed by atoms with Gasteiger partial charge in [0.05, 0.1) is 6.42 Å². The Labute approximate surface area is 240 Å². The molecule has 5 rings (SSSR count). The topological polar surface area (TPSA) is 9.23 Å². The van der Waals surface area contributed by atoms with Crippen molar-refractivity contribution in [2.24, 2.45) is 5.92 Å². The molecule has 42 heavy (non-hydrogen) atoms. The number of rotatable bonds is 8. The number of hydrogen-bond donors (Lipinski definition) is 0. The highest BCUT2D eigenvalue weighted by Gasteiger charge is 2.32. The predicted octanol–water partition coefficient (Wildman–Crippen LogP) is 10.6. The summed E-state index contributed by atoms with van der Waals surface area (Å²) in [5.41, 5.74) is 2.79. The molecule has 1 nitrogen and oxygen atoms in total. The highest BCUT2D eigenvalue weighted by molar-refractivity contribution is 5.72. The Morgan fingerprint density at radius 2 is 1.17 bits per heavy atom. The number of benzene rings is 4. The zero-order chi connectivity index (χ0) is 30.0. The molecule has 0 radical (unpaired) electrons. The largest absolute Gasteiger partial charge is 0.432 e. The smallest absolute Gasteiger partial charge is 0.398 e. The number of ether oxygens (including phenoxy) is 1. The van der Waals surface area contributed by atoms with Crippen molar-refractivity contribution in [3.8, 4) is 28.0 Å². The molecule has 0 heterocycles. The van der Waals surface area contributed by atoms with Gasteiger partial charge in [-0.2, -0.15) is 8.78 Å². The lowest BCUT2D eigenvalue weighted by Crippen LogP contribution is -2.25. The SMILES string of the molecule is CC1CCC(c2ccc(-c3ccc(-c4ccc(CCC(F)(F)Oc5cc(F)c(F)c(F)c5)cc4)c(F)c3F)cc2)CC1. The fourth-order valence-electron chi connectivity index (χ4n) is 5.48. The Balaban J connectivity index is 1.24. The maximum Gasteiger partial charge on any atom is 0.398 e. The molecule has 8 heteroatoms. The molecule has 1 saturated carbocycles. The Hall–Kier alpha value is -3.81. The molecule has 0 bridgehead atoms. The standard InChI is InChI=1S/C34H29F7O/c1-20-2-6-22(7-3-20)23-10-12-25(13-11-23)28-15-14-27(31(37)32(28)38)24-8-4-21(5-9-24)16-17-34(40,41)42-26-18-29(35)33(39)30(36)19-26/h4-5,8-15,18-20,22H,2-3,6-7,16-17H2,1H3. The van der Waals surface area contributed by atoms with Crippen LogP contribution < -0.4 is 4.74 Å². The average molecular weight is 587 g/mol. The molecule has 1 fully saturated rings. The molecule has 0 atom stereocenters. The van der Waals surface area contributed by atoms with Gasteiger partial charge in [-0.15, -0.1) is 0 Å². The summed E-state index contributed by atoms with van der Waals surface area (Å²) in [4.78, 5) is 0. The van der Waals surface area contributed by atoms with Crippen molar-refractivity contribution in [2.75, 3.05) is 0 Å². The van der Waals surface area contributed by atoms with Gasteiger partial charge in [-0.3, -0.25) is 0 Å². The first-order chi connectivity index (χ1) is 20.0. The van der Waals surface area contributed by atoms with Crippen LogP contribution >= 0.6 is 0 Å². The summed E-state index contributed by atoms with van der Waals surface area (Å²) in [6, 6.07) is 17.3. The van der Waals surface area contributed by atoms with Crippen molar-refractivity contribution < 1.29 is 35.5 Å². The third kappa shape index (κ3) is 6.63. The maximum absolute atomic E-state index is 15.2. The molecule has 0 spiro atoms. The summed E-state index contributed by atoms with van der Waals surface area (Å²) in [5.74, 6) is -6.66. The first-order valence-corrected chi connectivity index (χ1v) is 13.9. The van der Waals surface area contributed by atoms with Crippen LogP contribution in [-0.4, -0.2) is 6.11 Å². The summed E-state index contributed by atoms with van der Waals surface area (Å²) in [6.07, 6.45) is -0.186. The van der Waals surface area contributed by atoms with Crippen molar-refractivity contribution in [1.82, 2.24) is 0 Å². The predicted molar refractivity (Wildman–Crippen MR) is 148 cm³/mol. The van der Waals surface area contributed by atoms with Crippen LogP contribution in [0.1, 0.15) is 56.1 Å². The second kappa shape index (κ2) is 12.2. The van der Waals surface area contributed by atoms with Crippen molar-refractivity contribution in [1.29, 1.82) is 0 Å². The minimum Gasteiger partial charge on any atom is -0.432 e. The number of halogens is 7. The molecule has 0 aromatic heterocycles. The third-order valence-electron chi connectivity index (χ3n) is 7.99. The van der Waals surface area contributed by atoms with Gasteiger partial charge < -0.3 is 4.74 Å². The van der Waals surface area contributed by atoms with E-state index in [-0.39, 0.29) is 17.5 Å². The van der Waals surface area contributed by atoms with Gasteiger partial charge in [0, 0.05) is 23.3 Å². The Bertz CT molecular complexity index is 1520. The van der Waals surface area contributed by atoms with Crippen LogP contribution in [0.2, 0.25) is 0 Å². The second-order valence-corrected chi connectivity index (χ2v) is 11.0. The minimum absolute atomic E-state index is 0.0322. The molecule has 1 aliphatic rings. The Morgan fingerprint density at radius 1 is 0.667 bits per heavy atom. The molecular weight excluding hydrogens is 557 g/mol. The van der Waals surface area contributed by atoms with E-state index in [1.807, 2.05) is 24.3 Å². The summed E-state index contributed by atoms with van der Waals surface area (Å²) < 4.78 is 103. The van der Waals surface area contributed by atoms with Gasteiger partial charge >= 0.3 is 6.11 Å². The van der Waals surface area contributed by atoms with Crippen LogP contribution in [0, 0.1) is 35.0 Å². The van der Waals surface area contributed by atoms with E-state index in [1.54, 1.807) is 0 Å². The molecule has 4 aromatic rings. The van der Waals surface area contributed by atoms with E-state index < -0.39 is 47.4 Å². The molecule has 4 aromatic carbocycles. The van der Waals surface area contributed by atoms with Crippen LogP contribution in [0.25, 0.3) is 22.3 Å². The highest BCUT2D eigenvalue weighted by Crippen LogP contribution is 2.37. The lowest BCUT2D eigenvalue weighted by atomic mass is 9.79. The van der Waals surface area contributed by atoms with Crippen molar-refractivity contribution in [2.45, 2.75) is 57.5 Å². The van der Waals surface area contributed by atoms with Gasteiger partial charge in [-0.05, 0) is 53.4 Å². The number of alkyl halides is 2. The minimum atomic E-state index is -3.80. The average Bonchev–Trinajstić information content (AvgIpc) is 2.97. The Morgan fingerprint density at radius 3 is 1.69 bits per heavy atom. The van der Waals surface area contributed by atoms with Gasteiger partial charge in [-0.1, -0.05) is 80.4 Å². The monoisotopic (exact) mass is 586 g/mol. The maximum atomic E-state index is 15.2. The summed E-state index contributed by atoms with van der Waals surface area (Å²) in [7, 11) is 0. The van der Waals surface area contributed by atoms with Crippen molar-refractivity contribution in [3.05, 3.63) is 113 Å². The summed E-state index contributed by atoms with van der Waals surface area (Å²) in [5, 5.41) is 0. The normalized spacial score (nSPS) is 17.3. The third-order valence-corrected chi connectivity index (χ3v) is 7.99. The molecule has 0 aliphatic heterocycles. The van der Waals surface area contributed by atoms with E-state index in [0.717, 1.165) is 18.8 Å². The first kappa shape index (κ1) is 29.7. The van der Waals surface area contributed by atoms with Crippen LogP contribution in [-0.2, 0) is 6.42 Å². The van der Waals surface area contributed by atoms with Gasteiger partial charge in [-0.25, -0.2) is 22.0 Å². The van der Waals surface area contributed by atoms with E-state index in [4.69, 9.17) is 0 Å². The molecule has 1 aliphatic carbocycles. The fraction of sp³-hybridized carbons (Fsp3) is 0.294. The van der Waals surface area contributed by atoms with Crippen LogP contribution in [0.3, 0.4) is 0 Å². The van der Waals surface area contributed by atoms with Crippen molar-refractivity contribution >= 4 is 0 Å². The number of hydrogen-bond acceptors (Lipinski definition) is 1. The van der Waals surface area contributed by atoms with Crippen LogP contribution in [0.15, 0.2) is 72.8 Å². The highest BCUT2D eigenvalue weighted by atomic mass is 19.3. The fourth-order valence-corrected chi connectivity index (χ4v) is 5.48. The molecule has 0 N–H and O–H groups in total.